The summed E-state index contributed by atoms with van der Waals surface area (Å²) in [6.45, 7) is 6.62. The van der Waals surface area contributed by atoms with Crippen LogP contribution in [0, 0.1) is 0 Å². The minimum Gasteiger partial charge on any atom is -0.481 e. The smallest absolute Gasteiger partial charge is 0.215 e. The van der Waals surface area contributed by atoms with Crippen LogP contribution >= 0.6 is 11.6 Å². The molecule has 0 radical (unpaired) electrons. The second kappa shape index (κ2) is 6.00. The van der Waals surface area contributed by atoms with Crippen LogP contribution in [0.25, 0.3) is 11.2 Å². The minimum atomic E-state index is 0.0122. The lowest BCUT2D eigenvalue weighted by atomic mass is 9.89. The van der Waals surface area contributed by atoms with Crippen molar-refractivity contribution in [1.29, 1.82) is 0 Å². The Balaban J connectivity index is 2.76. The van der Waals surface area contributed by atoms with Gasteiger partial charge in [-0.05, 0) is 25.3 Å². The Labute approximate surface area is 125 Å². The first-order valence-corrected chi connectivity index (χ1v) is 7.68. The molecule has 5 heteroatoms. The van der Waals surface area contributed by atoms with E-state index >= 15 is 0 Å². The molecule has 0 bridgehead atoms. The quantitative estimate of drug-likeness (QED) is 0.753. The van der Waals surface area contributed by atoms with Crippen molar-refractivity contribution in [2.45, 2.75) is 51.5 Å². The summed E-state index contributed by atoms with van der Waals surface area (Å²) in [5.41, 5.74) is 1.75. The van der Waals surface area contributed by atoms with E-state index in [1.807, 2.05) is 12.1 Å². The van der Waals surface area contributed by atoms with Crippen LogP contribution in [0.4, 0.5) is 0 Å². The Bertz CT molecular complexity index is 582. The third-order valence-electron chi connectivity index (χ3n) is 4.33. The number of rotatable bonds is 6. The van der Waals surface area contributed by atoms with E-state index in [0.29, 0.717) is 11.8 Å². The Hall–Kier alpha value is -1.29. The topological polar surface area (TPSA) is 39.9 Å². The van der Waals surface area contributed by atoms with Gasteiger partial charge in [0.15, 0.2) is 5.65 Å². The summed E-state index contributed by atoms with van der Waals surface area (Å²) in [6, 6.07) is 3.78. The number of imidazole rings is 1. The molecule has 0 unspecified atom stereocenters. The van der Waals surface area contributed by atoms with Crippen molar-refractivity contribution in [3.8, 4) is 5.88 Å². The maximum atomic E-state index is 6.11. The molecule has 0 fully saturated rings. The highest BCUT2D eigenvalue weighted by Crippen LogP contribution is 2.34. The highest BCUT2D eigenvalue weighted by atomic mass is 35.5. The van der Waals surface area contributed by atoms with E-state index < -0.39 is 0 Å². The highest BCUT2D eigenvalue weighted by Gasteiger charge is 2.31. The normalized spacial score (nSPS) is 12.1. The Kier molecular flexibility index (Phi) is 4.53. The lowest BCUT2D eigenvalue weighted by Gasteiger charge is -2.34. The first-order chi connectivity index (χ1) is 9.65. The number of methoxy groups -OCH3 is 1. The van der Waals surface area contributed by atoms with E-state index in [1.54, 1.807) is 7.11 Å². The summed E-state index contributed by atoms with van der Waals surface area (Å²) in [7, 11) is 1.63. The van der Waals surface area contributed by atoms with Gasteiger partial charge in [-0.3, -0.25) is 0 Å². The fourth-order valence-electron chi connectivity index (χ4n) is 2.91. The molecule has 0 saturated heterocycles. The number of hydrogen-bond donors (Lipinski definition) is 0. The third-order valence-corrected chi connectivity index (χ3v) is 4.56. The second-order valence-electron chi connectivity index (χ2n) is 4.98. The molecule has 0 aliphatic heterocycles. The molecular formula is C15H22ClN3O. The van der Waals surface area contributed by atoms with Crippen molar-refractivity contribution in [2.75, 3.05) is 7.11 Å². The maximum absolute atomic E-state index is 6.11. The number of fused-ring (bicyclic) bond motifs is 1. The van der Waals surface area contributed by atoms with Crippen LogP contribution < -0.4 is 4.74 Å². The van der Waals surface area contributed by atoms with Crippen molar-refractivity contribution in [1.82, 2.24) is 14.5 Å². The van der Waals surface area contributed by atoms with Crippen molar-refractivity contribution >= 4 is 22.8 Å². The molecule has 0 atom stereocenters. The molecule has 0 N–H and O–H groups in total. The van der Waals surface area contributed by atoms with E-state index in [1.165, 1.54) is 0 Å². The van der Waals surface area contributed by atoms with Gasteiger partial charge < -0.3 is 9.30 Å². The van der Waals surface area contributed by atoms with Gasteiger partial charge in [0.1, 0.15) is 11.3 Å². The van der Waals surface area contributed by atoms with Gasteiger partial charge in [0.2, 0.25) is 5.88 Å². The number of aromatic nitrogens is 3. The van der Waals surface area contributed by atoms with Gasteiger partial charge in [0.25, 0.3) is 0 Å². The fraction of sp³-hybridized carbons (Fsp3) is 0.600. The summed E-state index contributed by atoms with van der Waals surface area (Å²) in [5, 5.41) is 0. The van der Waals surface area contributed by atoms with Crippen LogP contribution in [0.3, 0.4) is 0 Å². The van der Waals surface area contributed by atoms with Gasteiger partial charge >= 0.3 is 0 Å². The number of ether oxygens (including phenoxy) is 1. The van der Waals surface area contributed by atoms with Gasteiger partial charge in [-0.15, -0.1) is 11.6 Å². The van der Waals surface area contributed by atoms with Crippen molar-refractivity contribution in [3.05, 3.63) is 18.0 Å². The number of halogens is 1. The van der Waals surface area contributed by atoms with Crippen LogP contribution in [0.1, 0.15) is 45.9 Å². The third kappa shape index (κ3) is 2.26. The molecule has 0 aliphatic rings. The molecule has 4 nitrogen and oxygen atoms in total. The van der Waals surface area contributed by atoms with Crippen LogP contribution in [0.2, 0.25) is 0 Å². The Morgan fingerprint density at radius 1 is 1.15 bits per heavy atom. The van der Waals surface area contributed by atoms with Crippen molar-refractivity contribution < 1.29 is 4.74 Å². The first kappa shape index (κ1) is 15.1. The van der Waals surface area contributed by atoms with Crippen LogP contribution in [0.15, 0.2) is 12.1 Å². The molecule has 0 saturated carbocycles. The lowest BCUT2D eigenvalue weighted by molar-refractivity contribution is 0.251. The summed E-state index contributed by atoms with van der Waals surface area (Å²) in [6.07, 6.45) is 3.07. The van der Waals surface area contributed by atoms with Gasteiger partial charge in [0.05, 0.1) is 13.0 Å². The minimum absolute atomic E-state index is 0.0122. The molecule has 0 spiro atoms. The molecule has 2 aromatic rings. The Morgan fingerprint density at radius 3 is 2.30 bits per heavy atom. The van der Waals surface area contributed by atoms with E-state index in [9.17, 15) is 0 Å². The highest BCUT2D eigenvalue weighted by molar-refractivity contribution is 6.16. The van der Waals surface area contributed by atoms with E-state index in [0.717, 1.165) is 36.3 Å². The number of pyridine rings is 1. The monoisotopic (exact) mass is 295 g/mol. The zero-order valence-corrected chi connectivity index (χ0v) is 13.4. The molecule has 0 aromatic carbocycles. The molecule has 2 rings (SSSR count). The summed E-state index contributed by atoms with van der Waals surface area (Å²) in [5.74, 6) is 1.88. The van der Waals surface area contributed by atoms with Crippen molar-refractivity contribution in [3.63, 3.8) is 0 Å². The van der Waals surface area contributed by atoms with Crippen LogP contribution in [-0.2, 0) is 11.4 Å². The molecule has 0 aliphatic carbocycles. The number of alkyl halides is 1. The average Bonchev–Trinajstić information content (AvgIpc) is 2.88. The molecule has 20 heavy (non-hydrogen) atoms. The molecule has 2 heterocycles. The SMILES string of the molecule is CCC(CC)(CC)n1c(CCl)nc2ccc(OC)nc21. The molecule has 2 aromatic heterocycles. The standard InChI is InChI=1S/C15H22ClN3O/c1-5-15(6-2,7-3)19-12(10-16)17-11-8-9-13(20-4)18-14(11)19/h8-9H,5-7,10H2,1-4H3. The van der Waals surface area contributed by atoms with Crippen LogP contribution in [0.5, 0.6) is 5.88 Å². The molecule has 0 amide bonds. The second-order valence-corrected chi connectivity index (χ2v) is 5.25. The van der Waals surface area contributed by atoms with E-state index in [-0.39, 0.29) is 5.54 Å². The largest absolute Gasteiger partial charge is 0.481 e. The predicted octanol–water partition coefficient (Wildman–Crippen LogP) is 4.10. The van der Waals surface area contributed by atoms with Crippen LogP contribution in [-0.4, -0.2) is 21.6 Å². The lowest BCUT2D eigenvalue weighted by Crippen LogP contribution is -2.33. The van der Waals surface area contributed by atoms with Gasteiger partial charge in [-0.1, -0.05) is 20.8 Å². The zero-order valence-electron chi connectivity index (χ0n) is 12.6. The number of hydrogen-bond acceptors (Lipinski definition) is 3. The van der Waals surface area contributed by atoms with Crippen molar-refractivity contribution in [2.24, 2.45) is 0 Å². The maximum Gasteiger partial charge on any atom is 0.215 e. The van der Waals surface area contributed by atoms with E-state index in [4.69, 9.17) is 16.3 Å². The summed E-state index contributed by atoms with van der Waals surface area (Å²) < 4.78 is 7.47. The predicted molar refractivity (Wildman–Crippen MR) is 82.5 cm³/mol. The Morgan fingerprint density at radius 2 is 1.80 bits per heavy atom. The summed E-state index contributed by atoms with van der Waals surface area (Å²) in [4.78, 5) is 9.22. The van der Waals surface area contributed by atoms with Gasteiger partial charge in [-0.25, -0.2) is 4.98 Å². The number of nitrogens with zero attached hydrogens (tertiary/aromatic N) is 3. The first-order valence-electron chi connectivity index (χ1n) is 7.14. The fourth-order valence-corrected chi connectivity index (χ4v) is 3.09. The molecular weight excluding hydrogens is 274 g/mol. The average molecular weight is 296 g/mol. The van der Waals surface area contributed by atoms with Gasteiger partial charge in [-0.2, -0.15) is 4.98 Å². The zero-order chi connectivity index (χ0) is 14.8. The van der Waals surface area contributed by atoms with E-state index in [2.05, 4.69) is 35.3 Å². The molecule has 110 valence electrons. The van der Waals surface area contributed by atoms with Gasteiger partial charge in [0, 0.05) is 11.6 Å². The summed E-state index contributed by atoms with van der Waals surface area (Å²) >= 11 is 6.11.